The predicted octanol–water partition coefficient (Wildman–Crippen LogP) is 4.04. The summed E-state index contributed by atoms with van der Waals surface area (Å²) in [5.74, 6) is -0.784. The summed E-state index contributed by atoms with van der Waals surface area (Å²) in [4.78, 5) is 24.0. The number of esters is 2. The molecular weight excluding hydrogens is 424 g/mol. The molecule has 1 saturated heterocycles. The molecule has 1 aliphatic carbocycles. The first kappa shape index (κ1) is 25.4. The van der Waals surface area contributed by atoms with Gasteiger partial charge in [0.15, 0.2) is 6.29 Å². The second kappa shape index (κ2) is 13.5. The van der Waals surface area contributed by atoms with E-state index in [4.69, 9.17) is 14.2 Å². The molecule has 1 aromatic rings. The minimum absolute atomic E-state index is 0.0440. The monoisotopic (exact) mass is 460 g/mol. The molecule has 1 N–H and O–H groups in total. The molecule has 5 atom stereocenters. The third-order valence-corrected chi connectivity index (χ3v) is 6.47. The zero-order valence-corrected chi connectivity index (χ0v) is 19.4. The van der Waals surface area contributed by atoms with Crippen molar-refractivity contribution >= 4 is 11.9 Å². The van der Waals surface area contributed by atoms with Gasteiger partial charge in [0, 0.05) is 37.9 Å². The highest BCUT2D eigenvalue weighted by Crippen LogP contribution is 2.40. The second-order valence-electron chi connectivity index (χ2n) is 8.70. The van der Waals surface area contributed by atoms with Crippen molar-refractivity contribution < 1.29 is 33.6 Å². The highest BCUT2D eigenvalue weighted by atomic mass is 16.7. The average molecular weight is 461 g/mol. The Morgan fingerprint density at radius 1 is 1.12 bits per heavy atom. The highest BCUT2D eigenvalue weighted by molar-refractivity contribution is 5.89. The Morgan fingerprint density at radius 3 is 2.64 bits per heavy atom. The minimum atomic E-state index is -0.362. The first-order valence-corrected chi connectivity index (χ1v) is 12.0. The van der Waals surface area contributed by atoms with Crippen LogP contribution >= 0.6 is 0 Å². The number of benzene rings is 1. The van der Waals surface area contributed by atoms with Gasteiger partial charge in [0.05, 0.1) is 18.8 Å². The predicted molar refractivity (Wildman–Crippen MR) is 122 cm³/mol. The van der Waals surface area contributed by atoms with Crippen LogP contribution in [0.3, 0.4) is 0 Å². The van der Waals surface area contributed by atoms with Gasteiger partial charge in [0.25, 0.3) is 0 Å². The summed E-state index contributed by atoms with van der Waals surface area (Å²) >= 11 is 0. The Balaban J connectivity index is 1.64. The van der Waals surface area contributed by atoms with Gasteiger partial charge in [-0.05, 0) is 50.7 Å². The number of carbonyl (C=O) groups is 2. The van der Waals surface area contributed by atoms with E-state index in [2.05, 4.69) is 4.74 Å². The summed E-state index contributed by atoms with van der Waals surface area (Å²) in [6.07, 6.45) is 9.21. The lowest BCUT2D eigenvalue weighted by Gasteiger charge is -2.29. The molecule has 0 aromatic heterocycles. The first-order chi connectivity index (χ1) is 16.1. The van der Waals surface area contributed by atoms with Crippen molar-refractivity contribution in [1.82, 2.24) is 0 Å². The summed E-state index contributed by atoms with van der Waals surface area (Å²) in [7, 11) is 1.39. The van der Waals surface area contributed by atoms with Crippen LogP contribution < -0.4 is 0 Å². The Morgan fingerprint density at radius 2 is 1.94 bits per heavy atom. The van der Waals surface area contributed by atoms with Gasteiger partial charge >= 0.3 is 11.9 Å². The molecular formula is C26H36O7. The molecule has 2 aliphatic rings. The third kappa shape index (κ3) is 7.66. The summed E-state index contributed by atoms with van der Waals surface area (Å²) in [6, 6.07) is 8.95. The van der Waals surface area contributed by atoms with Crippen LogP contribution in [0.5, 0.6) is 0 Å². The number of carbonyl (C=O) groups excluding carboxylic acids is 2. The number of unbranched alkanes of at least 4 members (excludes halogenated alkanes) is 1. The molecule has 3 rings (SSSR count). The van der Waals surface area contributed by atoms with E-state index in [1.165, 1.54) is 7.11 Å². The smallest absolute Gasteiger partial charge is 0.338 e. The lowest BCUT2D eigenvalue weighted by Crippen LogP contribution is -2.33. The van der Waals surface area contributed by atoms with Gasteiger partial charge in [-0.2, -0.15) is 0 Å². The van der Waals surface area contributed by atoms with Gasteiger partial charge in [-0.3, -0.25) is 4.79 Å². The zero-order valence-electron chi connectivity index (χ0n) is 19.4. The van der Waals surface area contributed by atoms with E-state index in [1.807, 2.05) is 30.4 Å². The van der Waals surface area contributed by atoms with E-state index >= 15 is 0 Å². The van der Waals surface area contributed by atoms with Gasteiger partial charge in [-0.1, -0.05) is 30.4 Å². The molecule has 1 saturated carbocycles. The molecule has 7 nitrogen and oxygen atoms in total. The fraction of sp³-hybridized carbons (Fsp3) is 0.615. The number of rotatable bonds is 11. The maximum absolute atomic E-state index is 12.7. The van der Waals surface area contributed by atoms with Crippen molar-refractivity contribution in [2.45, 2.75) is 69.9 Å². The fourth-order valence-corrected chi connectivity index (χ4v) is 4.63. The number of hydrogen-bond donors (Lipinski definition) is 1. The van der Waals surface area contributed by atoms with Crippen molar-refractivity contribution in [3.8, 4) is 0 Å². The molecule has 1 unspecified atom stereocenters. The van der Waals surface area contributed by atoms with Crippen LogP contribution in [0.4, 0.5) is 0 Å². The fourth-order valence-electron chi connectivity index (χ4n) is 4.63. The molecule has 1 aliphatic heterocycles. The minimum Gasteiger partial charge on any atom is -0.469 e. The average Bonchev–Trinajstić information content (AvgIpc) is 3.17. The molecule has 1 heterocycles. The molecule has 0 spiro atoms. The SMILES string of the molecule is COC(=O)CCC/C=C\C[C@H]1[C@H](CO)[C@@H](OC2CCCCO2)C[C@H]1OC(=O)c1ccccc1. The van der Waals surface area contributed by atoms with Crippen molar-refractivity contribution in [2.24, 2.45) is 11.8 Å². The van der Waals surface area contributed by atoms with Gasteiger partial charge < -0.3 is 24.1 Å². The topological polar surface area (TPSA) is 91.3 Å². The Bertz CT molecular complexity index is 757. The molecule has 0 radical (unpaired) electrons. The Hall–Kier alpha value is -2.22. The van der Waals surface area contributed by atoms with Crippen LogP contribution in [0.2, 0.25) is 0 Å². The van der Waals surface area contributed by atoms with Crippen LogP contribution in [0.15, 0.2) is 42.5 Å². The van der Waals surface area contributed by atoms with Crippen LogP contribution in [0.1, 0.15) is 61.7 Å². The van der Waals surface area contributed by atoms with Crippen molar-refractivity contribution in [3.63, 3.8) is 0 Å². The van der Waals surface area contributed by atoms with Crippen molar-refractivity contribution in [2.75, 3.05) is 20.3 Å². The lowest BCUT2D eigenvalue weighted by molar-refractivity contribution is -0.198. The molecule has 0 amide bonds. The maximum Gasteiger partial charge on any atom is 0.338 e. The van der Waals surface area contributed by atoms with Gasteiger partial charge in [-0.25, -0.2) is 4.79 Å². The van der Waals surface area contributed by atoms with Gasteiger partial charge in [-0.15, -0.1) is 0 Å². The van der Waals surface area contributed by atoms with E-state index in [0.29, 0.717) is 37.9 Å². The lowest BCUT2D eigenvalue weighted by atomic mass is 9.90. The van der Waals surface area contributed by atoms with E-state index in [1.54, 1.807) is 12.1 Å². The van der Waals surface area contributed by atoms with E-state index in [9.17, 15) is 14.7 Å². The third-order valence-electron chi connectivity index (χ3n) is 6.47. The molecule has 7 heteroatoms. The first-order valence-electron chi connectivity index (χ1n) is 12.0. The van der Waals surface area contributed by atoms with Crippen molar-refractivity contribution in [3.05, 3.63) is 48.0 Å². The molecule has 182 valence electrons. The maximum atomic E-state index is 12.7. The van der Waals surface area contributed by atoms with E-state index < -0.39 is 0 Å². The van der Waals surface area contributed by atoms with Gasteiger partial charge in [0.1, 0.15) is 6.10 Å². The quantitative estimate of drug-likeness (QED) is 0.303. The number of methoxy groups -OCH3 is 1. The van der Waals surface area contributed by atoms with Crippen molar-refractivity contribution in [1.29, 1.82) is 0 Å². The van der Waals surface area contributed by atoms with Gasteiger partial charge in [0.2, 0.25) is 0 Å². The Labute approximate surface area is 196 Å². The molecule has 33 heavy (non-hydrogen) atoms. The van der Waals surface area contributed by atoms with Crippen LogP contribution in [-0.4, -0.2) is 55.9 Å². The van der Waals surface area contributed by atoms with E-state index in [-0.39, 0.29) is 48.9 Å². The standard InChI is InChI=1S/C26H36O7/c1-30-24(28)14-8-3-2-7-13-20-21(18-27)23(32-25-15-9-10-16-31-25)17-22(20)33-26(29)19-11-5-4-6-12-19/h2,4-7,11-12,20-23,25,27H,3,8-10,13-18H2,1H3/b7-2-/t20-,21-,22+,23-,25?/m0/s1. The molecule has 1 aromatic carbocycles. The summed E-state index contributed by atoms with van der Waals surface area (Å²) in [5.41, 5.74) is 0.509. The number of aliphatic hydroxyl groups excluding tert-OH is 1. The second-order valence-corrected chi connectivity index (χ2v) is 8.70. The number of hydrogen-bond acceptors (Lipinski definition) is 7. The number of allylic oxidation sites excluding steroid dienone is 2. The Kier molecular flexibility index (Phi) is 10.4. The molecule has 2 fully saturated rings. The normalized spacial score (nSPS) is 27.5. The zero-order chi connectivity index (χ0) is 23.5. The number of ether oxygens (including phenoxy) is 4. The van der Waals surface area contributed by atoms with Crippen LogP contribution in [-0.2, 0) is 23.7 Å². The summed E-state index contributed by atoms with van der Waals surface area (Å²) < 4.78 is 22.6. The number of aliphatic hydroxyl groups is 1. The largest absolute Gasteiger partial charge is 0.469 e. The summed E-state index contributed by atoms with van der Waals surface area (Å²) in [5, 5.41) is 10.2. The molecule has 0 bridgehead atoms. The highest BCUT2D eigenvalue weighted by Gasteiger charge is 2.46. The summed E-state index contributed by atoms with van der Waals surface area (Å²) in [6.45, 7) is 0.642. The van der Waals surface area contributed by atoms with Crippen LogP contribution in [0, 0.1) is 11.8 Å². The van der Waals surface area contributed by atoms with E-state index in [0.717, 1.165) is 25.7 Å². The van der Waals surface area contributed by atoms with Crippen LogP contribution in [0.25, 0.3) is 0 Å².